The van der Waals surface area contributed by atoms with Gasteiger partial charge in [-0.25, -0.2) is 0 Å². The van der Waals surface area contributed by atoms with Crippen molar-refractivity contribution in [3.05, 3.63) is 0 Å². The average molecular weight is 186 g/mol. The van der Waals surface area contributed by atoms with Gasteiger partial charge in [-0.1, -0.05) is 27.7 Å². The third-order valence-corrected chi connectivity index (χ3v) is 4.43. The highest BCUT2D eigenvalue weighted by Crippen LogP contribution is 2.52. The predicted octanol–water partition coefficient (Wildman–Crippen LogP) is 1.80. The van der Waals surface area contributed by atoms with Crippen molar-refractivity contribution in [2.24, 2.45) is 17.3 Å². The van der Waals surface area contributed by atoms with Gasteiger partial charge in [0.2, 0.25) is 0 Å². The summed E-state index contributed by atoms with van der Waals surface area (Å²) in [6.45, 7) is 10.2. The van der Waals surface area contributed by atoms with Crippen LogP contribution in [-0.4, -0.2) is 21.9 Å². The van der Waals surface area contributed by atoms with E-state index in [-0.39, 0.29) is 17.4 Å². The van der Waals surface area contributed by atoms with E-state index in [1.165, 1.54) is 0 Å². The summed E-state index contributed by atoms with van der Waals surface area (Å²) in [7, 11) is 0. The zero-order chi connectivity index (χ0) is 10.4. The second-order valence-electron chi connectivity index (χ2n) is 5.32. The third kappa shape index (κ3) is 1.40. The summed E-state index contributed by atoms with van der Waals surface area (Å²) in [5.74, 6) is 0.543. The van der Waals surface area contributed by atoms with Crippen LogP contribution in [0, 0.1) is 17.3 Å². The zero-order valence-electron chi connectivity index (χ0n) is 9.33. The van der Waals surface area contributed by atoms with Crippen LogP contribution in [0.15, 0.2) is 0 Å². The summed E-state index contributed by atoms with van der Waals surface area (Å²) in [6.07, 6.45) is 0.126. The lowest BCUT2D eigenvalue weighted by atomic mass is 9.68. The largest absolute Gasteiger partial charge is 0.392 e. The standard InChI is InChI=1S/C11H22O2/c1-7(2)11(5)8(3)10(4,13)6-9(11)12/h7-9,12-13H,6H2,1-5H3. The predicted molar refractivity (Wildman–Crippen MR) is 53.4 cm³/mol. The second-order valence-corrected chi connectivity index (χ2v) is 5.32. The molecule has 0 aromatic rings. The van der Waals surface area contributed by atoms with Crippen LogP contribution in [0.4, 0.5) is 0 Å². The maximum atomic E-state index is 10.1. The van der Waals surface area contributed by atoms with Gasteiger partial charge < -0.3 is 10.2 Å². The van der Waals surface area contributed by atoms with E-state index in [4.69, 9.17) is 0 Å². The monoisotopic (exact) mass is 186 g/mol. The highest BCUT2D eigenvalue weighted by molar-refractivity contribution is 5.05. The molecular weight excluding hydrogens is 164 g/mol. The molecule has 0 radical (unpaired) electrons. The Morgan fingerprint density at radius 3 is 1.92 bits per heavy atom. The van der Waals surface area contributed by atoms with E-state index in [2.05, 4.69) is 20.8 Å². The molecule has 1 fully saturated rings. The van der Waals surface area contributed by atoms with E-state index < -0.39 is 5.60 Å². The summed E-state index contributed by atoms with van der Waals surface area (Å²) in [4.78, 5) is 0. The first-order valence-corrected chi connectivity index (χ1v) is 5.13. The Labute approximate surface area is 81.0 Å². The van der Waals surface area contributed by atoms with Crippen LogP contribution in [0.5, 0.6) is 0 Å². The highest BCUT2D eigenvalue weighted by atomic mass is 16.3. The lowest BCUT2D eigenvalue weighted by Crippen LogP contribution is -2.40. The van der Waals surface area contributed by atoms with E-state index in [0.717, 1.165) is 0 Å². The van der Waals surface area contributed by atoms with E-state index in [9.17, 15) is 10.2 Å². The lowest BCUT2D eigenvalue weighted by molar-refractivity contribution is -0.0241. The normalized spacial score (nSPS) is 51.7. The highest BCUT2D eigenvalue weighted by Gasteiger charge is 2.55. The fraction of sp³-hybridized carbons (Fsp3) is 1.00. The Hall–Kier alpha value is -0.0800. The van der Waals surface area contributed by atoms with Crippen LogP contribution >= 0.6 is 0 Å². The first kappa shape index (κ1) is 11.0. The number of hydrogen-bond donors (Lipinski definition) is 2. The number of aliphatic hydroxyl groups excluding tert-OH is 1. The minimum Gasteiger partial charge on any atom is -0.392 e. The quantitative estimate of drug-likeness (QED) is 0.655. The fourth-order valence-electron chi connectivity index (χ4n) is 2.63. The molecule has 0 bridgehead atoms. The van der Waals surface area contributed by atoms with Crippen molar-refractivity contribution >= 4 is 0 Å². The Morgan fingerprint density at radius 1 is 1.31 bits per heavy atom. The van der Waals surface area contributed by atoms with Crippen molar-refractivity contribution in [1.82, 2.24) is 0 Å². The van der Waals surface area contributed by atoms with Gasteiger partial charge in [-0.2, -0.15) is 0 Å². The molecule has 78 valence electrons. The minimum absolute atomic E-state index is 0.148. The van der Waals surface area contributed by atoms with Crippen LogP contribution in [0.25, 0.3) is 0 Å². The molecule has 1 aliphatic carbocycles. The molecule has 0 aliphatic heterocycles. The summed E-state index contributed by atoms with van der Waals surface area (Å²) in [5.41, 5.74) is -0.859. The van der Waals surface area contributed by atoms with Gasteiger partial charge in [0.15, 0.2) is 0 Å². The van der Waals surface area contributed by atoms with Gasteiger partial charge >= 0.3 is 0 Å². The molecule has 0 aromatic heterocycles. The molecule has 1 aliphatic rings. The molecule has 4 unspecified atom stereocenters. The van der Waals surface area contributed by atoms with Gasteiger partial charge in [0.25, 0.3) is 0 Å². The van der Waals surface area contributed by atoms with Crippen molar-refractivity contribution < 1.29 is 10.2 Å². The molecule has 0 amide bonds. The smallest absolute Gasteiger partial charge is 0.0676 e. The van der Waals surface area contributed by atoms with Crippen LogP contribution in [0.1, 0.15) is 41.0 Å². The molecule has 0 saturated heterocycles. The first-order chi connectivity index (χ1) is 5.73. The van der Waals surface area contributed by atoms with Crippen LogP contribution in [0.2, 0.25) is 0 Å². The number of rotatable bonds is 1. The summed E-state index contributed by atoms with van der Waals surface area (Å²) >= 11 is 0. The molecule has 1 saturated carbocycles. The summed E-state index contributed by atoms with van der Waals surface area (Å²) in [5, 5.41) is 20.0. The van der Waals surface area contributed by atoms with E-state index in [1.54, 1.807) is 0 Å². The summed E-state index contributed by atoms with van der Waals surface area (Å²) in [6, 6.07) is 0. The lowest BCUT2D eigenvalue weighted by Gasteiger charge is -2.39. The number of hydrogen-bond acceptors (Lipinski definition) is 2. The molecule has 13 heavy (non-hydrogen) atoms. The fourth-order valence-corrected chi connectivity index (χ4v) is 2.63. The SMILES string of the molecule is CC(C)C1(C)C(O)CC(C)(O)C1C. The molecule has 0 aromatic carbocycles. The zero-order valence-corrected chi connectivity index (χ0v) is 9.33. The molecule has 0 spiro atoms. The van der Waals surface area contributed by atoms with Crippen molar-refractivity contribution in [3.8, 4) is 0 Å². The average Bonchev–Trinajstić information content (AvgIpc) is 2.12. The topological polar surface area (TPSA) is 40.5 Å². The Kier molecular flexibility index (Phi) is 2.50. The molecular formula is C11H22O2. The third-order valence-electron chi connectivity index (χ3n) is 4.43. The second kappa shape index (κ2) is 2.96. The molecule has 0 heterocycles. The maximum Gasteiger partial charge on any atom is 0.0676 e. The summed E-state index contributed by atoms with van der Waals surface area (Å²) < 4.78 is 0. The van der Waals surface area contributed by atoms with Crippen LogP contribution < -0.4 is 0 Å². The number of aliphatic hydroxyl groups is 2. The Bertz CT molecular complexity index is 198. The minimum atomic E-state index is -0.710. The van der Waals surface area contributed by atoms with Gasteiger partial charge in [-0.15, -0.1) is 0 Å². The van der Waals surface area contributed by atoms with Crippen molar-refractivity contribution in [1.29, 1.82) is 0 Å². The molecule has 2 heteroatoms. The van der Waals surface area contributed by atoms with Gasteiger partial charge in [0.05, 0.1) is 11.7 Å². The van der Waals surface area contributed by atoms with E-state index in [0.29, 0.717) is 12.3 Å². The van der Waals surface area contributed by atoms with Crippen molar-refractivity contribution in [3.63, 3.8) is 0 Å². The van der Waals surface area contributed by atoms with Crippen molar-refractivity contribution in [2.75, 3.05) is 0 Å². The van der Waals surface area contributed by atoms with E-state index in [1.807, 2.05) is 13.8 Å². The van der Waals surface area contributed by atoms with Gasteiger partial charge in [0, 0.05) is 11.8 Å². The van der Waals surface area contributed by atoms with Gasteiger partial charge in [-0.05, 0) is 18.8 Å². The maximum absolute atomic E-state index is 10.1. The van der Waals surface area contributed by atoms with E-state index >= 15 is 0 Å². The Morgan fingerprint density at radius 2 is 1.77 bits per heavy atom. The van der Waals surface area contributed by atoms with Gasteiger partial charge in [0.1, 0.15) is 0 Å². The molecule has 4 atom stereocenters. The van der Waals surface area contributed by atoms with Crippen LogP contribution in [0.3, 0.4) is 0 Å². The van der Waals surface area contributed by atoms with Crippen molar-refractivity contribution in [2.45, 2.75) is 52.7 Å². The van der Waals surface area contributed by atoms with Gasteiger partial charge in [-0.3, -0.25) is 0 Å². The Balaban J connectivity index is 3.00. The molecule has 1 rings (SSSR count). The van der Waals surface area contributed by atoms with Crippen LogP contribution in [-0.2, 0) is 0 Å². The molecule has 2 nitrogen and oxygen atoms in total. The first-order valence-electron chi connectivity index (χ1n) is 5.13. The molecule has 2 N–H and O–H groups in total.